The van der Waals surface area contributed by atoms with Crippen LogP contribution in [0, 0.1) is 0 Å². The smallest absolute Gasteiger partial charge is 0.420 e. The van der Waals surface area contributed by atoms with Gasteiger partial charge in [-0.3, -0.25) is 4.57 Å². The van der Waals surface area contributed by atoms with Gasteiger partial charge in [-0.25, -0.2) is 9.59 Å². The van der Waals surface area contributed by atoms with Crippen molar-refractivity contribution in [2.24, 2.45) is 0 Å². The maximum Gasteiger partial charge on any atom is 0.420 e. The Morgan fingerprint density at radius 1 is 1.24 bits per heavy atom. The highest BCUT2D eigenvalue weighted by molar-refractivity contribution is 6.30. The lowest BCUT2D eigenvalue weighted by molar-refractivity contribution is 0.0697. The number of hydrogen-bond donors (Lipinski definition) is 1. The van der Waals surface area contributed by atoms with Crippen molar-refractivity contribution >= 4 is 28.7 Å². The highest BCUT2D eigenvalue weighted by atomic mass is 35.5. The van der Waals surface area contributed by atoms with Gasteiger partial charge < -0.3 is 9.52 Å². The van der Waals surface area contributed by atoms with E-state index in [2.05, 4.69) is 0 Å². The van der Waals surface area contributed by atoms with Crippen molar-refractivity contribution in [1.29, 1.82) is 0 Å². The van der Waals surface area contributed by atoms with Crippen molar-refractivity contribution in [2.45, 2.75) is 6.54 Å². The summed E-state index contributed by atoms with van der Waals surface area (Å²) in [6.07, 6.45) is 0. The maximum atomic E-state index is 11.9. The van der Waals surface area contributed by atoms with Crippen LogP contribution < -0.4 is 5.76 Å². The van der Waals surface area contributed by atoms with Gasteiger partial charge in [-0.05, 0) is 35.9 Å². The highest BCUT2D eigenvalue weighted by Crippen LogP contribution is 2.18. The first-order valence-electron chi connectivity index (χ1n) is 6.16. The molecule has 0 spiro atoms. The molecule has 0 aliphatic carbocycles. The number of carboxylic acids is 1. The molecule has 0 amide bonds. The van der Waals surface area contributed by atoms with Crippen molar-refractivity contribution in [2.75, 3.05) is 0 Å². The summed E-state index contributed by atoms with van der Waals surface area (Å²) in [6.45, 7) is 0.259. The van der Waals surface area contributed by atoms with Gasteiger partial charge in [0, 0.05) is 5.02 Å². The standard InChI is InChI=1S/C15H10ClNO4/c16-11-3-1-2-9(6-11)8-17-12-7-10(14(18)19)4-5-13(12)21-15(17)20/h1-7H,8H2,(H,18,19). The largest absolute Gasteiger partial charge is 0.478 e. The molecule has 1 aromatic heterocycles. The molecule has 2 aromatic carbocycles. The number of rotatable bonds is 3. The van der Waals surface area contributed by atoms with E-state index < -0.39 is 11.7 Å². The predicted octanol–water partition coefficient (Wildman–Crippen LogP) is 2.99. The summed E-state index contributed by atoms with van der Waals surface area (Å²) < 4.78 is 6.50. The summed E-state index contributed by atoms with van der Waals surface area (Å²) in [4.78, 5) is 23.0. The van der Waals surface area contributed by atoms with E-state index in [9.17, 15) is 9.59 Å². The molecule has 0 radical (unpaired) electrons. The summed E-state index contributed by atoms with van der Waals surface area (Å²) >= 11 is 5.92. The number of aromatic carboxylic acids is 1. The minimum absolute atomic E-state index is 0.100. The van der Waals surface area contributed by atoms with Gasteiger partial charge in [0.15, 0.2) is 5.58 Å². The molecule has 0 aliphatic rings. The van der Waals surface area contributed by atoms with Gasteiger partial charge in [0.1, 0.15) is 0 Å². The van der Waals surface area contributed by atoms with Crippen LogP contribution in [0.15, 0.2) is 51.7 Å². The first-order valence-corrected chi connectivity index (χ1v) is 6.53. The Morgan fingerprint density at radius 2 is 2.05 bits per heavy atom. The fraction of sp³-hybridized carbons (Fsp3) is 0.0667. The third kappa shape index (κ3) is 2.55. The van der Waals surface area contributed by atoms with Crippen LogP contribution in [0.1, 0.15) is 15.9 Å². The Hall–Kier alpha value is -2.53. The molecule has 6 heteroatoms. The number of benzene rings is 2. The van der Waals surface area contributed by atoms with E-state index in [0.29, 0.717) is 16.1 Å². The molecular weight excluding hydrogens is 294 g/mol. The van der Waals surface area contributed by atoms with Gasteiger partial charge in [-0.1, -0.05) is 23.7 Å². The van der Waals surface area contributed by atoms with E-state index in [-0.39, 0.29) is 12.1 Å². The minimum atomic E-state index is -1.06. The third-order valence-electron chi connectivity index (χ3n) is 3.14. The van der Waals surface area contributed by atoms with Gasteiger partial charge in [0.05, 0.1) is 17.6 Å². The van der Waals surface area contributed by atoms with Crippen molar-refractivity contribution < 1.29 is 14.3 Å². The molecule has 1 N–H and O–H groups in total. The monoisotopic (exact) mass is 303 g/mol. The Morgan fingerprint density at radius 3 is 2.76 bits per heavy atom. The van der Waals surface area contributed by atoms with E-state index >= 15 is 0 Å². The van der Waals surface area contributed by atoms with Crippen molar-refractivity contribution in [3.8, 4) is 0 Å². The molecule has 3 aromatic rings. The molecule has 0 saturated heterocycles. The number of halogens is 1. The van der Waals surface area contributed by atoms with Crippen molar-refractivity contribution in [3.05, 3.63) is 69.2 Å². The molecule has 1 heterocycles. The van der Waals surface area contributed by atoms with Gasteiger partial charge in [0.25, 0.3) is 0 Å². The van der Waals surface area contributed by atoms with E-state index in [4.69, 9.17) is 21.1 Å². The van der Waals surface area contributed by atoms with E-state index in [1.807, 2.05) is 6.07 Å². The van der Waals surface area contributed by atoms with E-state index in [0.717, 1.165) is 5.56 Å². The number of aromatic nitrogens is 1. The number of carboxylic acid groups (broad SMARTS) is 1. The summed E-state index contributed by atoms with van der Waals surface area (Å²) in [5, 5.41) is 9.60. The molecule has 0 bridgehead atoms. The fourth-order valence-electron chi connectivity index (χ4n) is 2.16. The normalized spacial score (nSPS) is 10.9. The molecule has 0 atom stereocenters. The molecule has 0 fully saturated rings. The van der Waals surface area contributed by atoms with Gasteiger partial charge in [-0.15, -0.1) is 0 Å². The lowest BCUT2D eigenvalue weighted by atomic mass is 10.2. The van der Waals surface area contributed by atoms with Crippen LogP contribution in [0.25, 0.3) is 11.1 Å². The SMILES string of the molecule is O=C(O)c1ccc2oc(=O)n(Cc3cccc(Cl)c3)c2c1. The van der Waals surface area contributed by atoms with Gasteiger partial charge in [-0.2, -0.15) is 0 Å². The fourth-order valence-corrected chi connectivity index (χ4v) is 2.38. The predicted molar refractivity (Wildman–Crippen MR) is 78.0 cm³/mol. The Bertz CT molecular complexity index is 894. The summed E-state index contributed by atoms with van der Waals surface area (Å²) in [5.74, 6) is -1.59. The lowest BCUT2D eigenvalue weighted by Gasteiger charge is -2.03. The average molecular weight is 304 g/mol. The molecule has 21 heavy (non-hydrogen) atoms. The second-order valence-electron chi connectivity index (χ2n) is 4.57. The molecule has 0 saturated carbocycles. The second kappa shape index (κ2) is 5.10. The number of carbonyl (C=O) groups is 1. The molecule has 0 aliphatic heterocycles. The Balaban J connectivity index is 2.12. The second-order valence-corrected chi connectivity index (χ2v) is 5.01. The number of fused-ring (bicyclic) bond motifs is 1. The summed E-state index contributed by atoms with van der Waals surface area (Å²) in [5.41, 5.74) is 1.73. The van der Waals surface area contributed by atoms with Crippen LogP contribution in [0.5, 0.6) is 0 Å². The van der Waals surface area contributed by atoms with E-state index in [1.165, 1.54) is 22.8 Å². The maximum absolute atomic E-state index is 11.9. The first kappa shape index (κ1) is 13.5. The van der Waals surface area contributed by atoms with E-state index in [1.54, 1.807) is 18.2 Å². The third-order valence-corrected chi connectivity index (χ3v) is 3.38. The van der Waals surface area contributed by atoms with Crippen LogP contribution in [-0.2, 0) is 6.54 Å². The Kier molecular flexibility index (Phi) is 3.27. The molecule has 5 nitrogen and oxygen atoms in total. The summed E-state index contributed by atoms with van der Waals surface area (Å²) in [6, 6.07) is 11.4. The molecule has 106 valence electrons. The number of oxazole rings is 1. The van der Waals surface area contributed by atoms with Crippen LogP contribution >= 0.6 is 11.6 Å². The Labute approximate surface area is 124 Å². The number of nitrogens with zero attached hydrogens (tertiary/aromatic N) is 1. The van der Waals surface area contributed by atoms with Crippen molar-refractivity contribution in [3.63, 3.8) is 0 Å². The topological polar surface area (TPSA) is 72.4 Å². The zero-order valence-electron chi connectivity index (χ0n) is 10.7. The van der Waals surface area contributed by atoms with Gasteiger partial charge in [0.2, 0.25) is 0 Å². The molecular formula is C15H10ClNO4. The summed E-state index contributed by atoms with van der Waals surface area (Å²) in [7, 11) is 0. The molecule has 0 unspecified atom stereocenters. The number of hydrogen-bond acceptors (Lipinski definition) is 3. The minimum Gasteiger partial charge on any atom is -0.478 e. The molecule has 3 rings (SSSR count). The van der Waals surface area contributed by atoms with Crippen molar-refractivity contribution in [1.82, 2.24) is 4.57 Å². The van der Waals surface area contributed by atoms with Crippen LogP contribution in [-0.4, -0.2) is 15.6 Å². The van der Waals surface area contributed by atoms with Gasteiger partial charge >= 0.3 is 11.7 Å². The average Bonchev–Trinajstić information content (AvgIpc) is 2.74. The van der Waals surface area contributed by atoms with Crippen LogP contribution in [0.3, 0.4) is 0 Å². The van der Waals surface area contributed by atoms with Crippen LogP contribution in [0.4, 0.5) is 0 Å². The highest BCUT2D eigenvalue weighted by Gasteiger charge is 2.12. The zero-order valence-corrected chi connectivity index (χ0v) is 11.5. The quantitative estimate of drug-likeness (QED) is 0.807. The lowest BCUT2D eigenvalue weighted by Crippen LogP contribution is -2.15. The zero-order chi connectivity index (χ0) is 15.0. The first-order chi connectivity index (χ1) is 10.0. The van der Waals surface area contributed by atoms with Crippen LogP contribution in [0.2, 0.25) is 5.02 Å².